The lowest BCUT2D eigenvalue weighted by molar-refractivity contribution is -0.136. The van der Waals surface area contributed by atoms with Gasteiger partial charge in [-0.15, -0.1) is 0 Å². The molecule has 1 aliphatic heterocycles. The van der Waals surface area contributed by atoms with E-state index < -0.39 is 0 Å². The van der Waals surface area contributed by atoms with Crippen LogP contribution >= 0.6 is 0 Å². The zero-order valence-corrected chi connectivity index (χ0v) is 13.6. The number of amides is 2. The Morgan fingerprint density at radius 3 is 1.48 bits per heavy atom. The highest BCUT2D eigenvalue weighted by Gasteiger charge is 2.21. The van der Waals surface area contributed by atoms with Crippen molar-refractivity contribution in [2.24, 2.45) is 0 Å². The molecule has 0 saturated carbocycles. The SMILES string of the molecule is CCCCCCCCCCCCCCN1C(=O)C=CC1=O. The standard InChI is InChI=1S/C18H31NO2/c1-2-3-4-5-6-7-8-9-10-11-12-13-16-19-17(20)14-15-18(19)21/h14-15H,2-13,16H2,1H3. The van der Waals surface area contributed by atoms with Crippen LogP contribution in [0.1, 0.15) is 84.0 Å². The first kappa shape index (κ1) is 17.9. The smallest absolute Gasteiger partial charge is 0.253 e. The van der Waals surface area contributed by atoms with E-state index in [-0.39, 0.29) is 11.8 Å². The molecule has 0 aromatic heterocycles. The molecule has 120 valence electrons. The van der Waals surface area contributed by atoms with Crippen molar-refractivity contribution in [3.05, 3.63) is 12.2 Å². The van der Waals surface area contributed by atoms with Crippen molar-refractivity contribution in [1.29, 1.82) is 0 Å². The van der Waals surface area contributed by atoms with Crippen molar-refractivity contribution < 1.29 is 9.59 Å². The maximum absolute atomic E-state index is 11.3. The molecule has 0 aliphatic carbocycles. The molecule has 3 heteroatoms. The van der Waals surface area contributed by atoms with Crippen LogP contribution in [0.4, 0.5) is 0 Å². The fraction of sp³-hybridized carbons (Fsp3) is 0.778. The Kier molecular flexibility index (Phi) is 9.84. The van der Waals surface area contributed by atoms with Crippen LogP contribution in [-0.4, -0.2) is 23.3 Å². The fourth-order valence-electron chi connectivity index (χ4n) is 2.76. The summed E-state index contributed by atoms with van der Waals surface area (Å²) in [5, 5.41) is 0. The molecule has 21 heavy (non-hydrogen) atoms. The highest BCUT2D eigenvalue weighted by Crippen LogP contribution is 2.12. The molecular formula is C18H31NO2. The van der Waals surface area contributed by atoms with Crippen molar-refractivity contribution in [3.63, 3.8) is 0 Å². The summed E-state index contributed by atoms with van der Waals surface area (Å²) < 4.78 is 0. The van der Waals surface area contributed by atoms with E-state index in [0.717, 1.165) is 12.8 Å². The maximum atomic E-state index is 11.3. The first-order valence-electron chi connectivity index (χ1n) is 8.79. The van der Waals surface area contributed by atoms with E-state index in [0.29, 0.717) is 6.54 Å². The van der Waals surface area contributed by atoms with Crippen LogP contribution in [0.3, 0.4) is 0 Å². The minimum Gasteiger partial charge on any atom is -0.275 e. The quantitative estimate of drug-likeness (QED) is 0.367. The van der Waals surface area contributed by atoms with E-state index in [9.17, 15) is 9.59 Å². The summed E-state index contributed by atoms with van der Waals surface area (Å²) in [5.74, 6) is -0.300. The van der Waals surface area contributed by atoms with E-state index in [1.807, 2.05) is 0 Å². The van der Waals surface area contributed by atoms with Gasteiger partial charge >= 0.3 is 0 Å². The molecule has 3 nitrogen and oxygen atoms in total. The van der Waals surface area contributed by atoms with Crippen molar-refractivity contribution in [1.82, 2.24) is 4.90 Å². The topological polar surface area (TPSA) is 37.4 Å². The molecule has 1 heterocycles. The maximum Gasteiger partial charge on any atom is 0.253 e. The molecule has 0 saturated heterocycles. The van der Waals surface area contributed by atoms with Crippen molar-refractivity contribution >= 4 is 11.8 Å². The molecule has 0 N–H and O–H groups in total. The molecule has 0 bridgehead atoms. The molecule has 0 atom stereocenters. The van der Waals surface area contributed by atoms with Crippen LogP contribution in [0.5, 0.6) is 0 Å². The van der Waals surface area contributed by atoms with Gasteiger partial charge in [-0.25, -0.2) is 0 Å². The number of rotatable bonds is 13. The van der Waals surface area contributed by atoms with Crippen LogP contribution in [0.2, 0.25) is 0 Å². The van der Waals surface area contributed by atoms with Gasteiger partial charge in [0.15, 0.2) is 0 Å². The van der Waals surface area contributed by atoms with E-state index >= 15 is 0 Å². The third kappa shape index (κ3) is 8.03. The zero-order chi connectivity index (χ0) is 15.3. The fourth-order valence-corrected chi connectivity index (χ4v) is 2.76. The molecule has 2 amide bonds. The lowest BCUT2D eigenvalue weighted by Crippen LogP contribution is -2.30. The summed E-state index contributed by atoms with van der Waals surface area (Å²) in [6, 6.07) is 0. The second-order valence-electron chi connectivity index (χ2n) is 6.05. The third-order valence-corrected chi connectivity index (χ3v) is 4.14. The van der Waals surface area contributed by atoms with Gasteiger partial charge in [-0.1, -0.05) is 77.6 Å². The number of nitrogens with zero attached hydrogens (tertiary/aromatic N) is 1. The van der Waals surface area contributed by atoms with E-state index in [2.05, 4.69) is 6.92 Å². The Hall–Kier alpha value is -1.12. The van der Waals surface area contributed by atoms with Gasteiger partial charge < -0.3 is 0 Å². The molecule has 0 unspecified atom stereocenters. The largest absolute Gasteiger partial charge is 0.275 e. The Labute approximate surface area is 129 Å². The van der Waals surface area contributed by atoms with Crippen LogP contribution in [0, 0.1) is 0 Å². The summed E-state index contributed by atoms with van der Waals surface area (Å²) >= 11 is 0. The first-order chi connectivity index (χ1) is 10.3. The first-order valence-corrected chi connectivity index (χ1v) is 8.79. The predicted molar refractivity (Wildman–Crippen MR) is 86.9 cm³/mol. The van der Waals surface area contributed by atoms with Gasteiger partial charge in [0.25, 0.3) is 11.8 Å². The van der Waals surface area contributed by atoms with E-state index in [4.69, 9.17) is 0 Å². The molecule has 0 radical (unpaired) electrons. The van der Waals surface area contributed by atoms with Gasteiger partial charge in [0.05, 0.1) is 0 Å². The van der Waals surface area contributed by atoms with Crippen molar-refractivity contribution in [2.45, 2.75) is 84.0 Å². The highest BCUT2D eigenvalue weighted by molar-refractivity contribution is 6.12. The third-order valence-electron chi connectivity index (χ3n) is 4.14. The summed E-state index contributed by atoms with van der Waals surface area (Å²) in [6.45, 7) is 2.84. The number of hydrogen-bond acceptors (Lipinski definition) is 2. The molecule has 1 rings (SSSR count). The van der Waals surface area contributed by atoms with Gasteiger partial charge in [-0.05, 0) is 6.42 Å². The Morgan fingerprint density at radius 2 is 1.05 bits per heavy atom. The molecule has 0 spiro atoms. The predicted octanol–water partition coefficient (Wildman–Crippen LogP) is 4.61. The van der Waals surface area contributed by atoms with E-state index in [1.165, 1.54) is 81.3 Å². The van der Waals surface area contributed by atoms with Gasteiger partial charge in [-0.3, -0.25) is 14.5 Å². The molecular weight excluding hydrogens is 262 g/mol. The second-order valence-corrected chi connectivity index (χ2v) is 6.05. The second kappa shape index (κ2) is 11.5. The number of unbranched alkanes of at least 4 members (excludes halogenated alkanes) is 11. The zero-order valence-electron chi connectivity index (χ0n) is 13.6. The highest BCUT2D eigenvalue weighted by atomic mass is 16.2. The van der Waals surface area contributed by atoms with Crippen molar-refractivity contribution in [2.75, 3.05) is 6.54 Å². The molecule has 0 aromatic rings. The normalized spacial score (nSPS) is 14.4. The summed E-state index contributed by atoms with van der Waals surface area (Å²) in [4.78, 5) is 24.0. The molecule has 0 fully saturated rings. The van der Waals surface area contributed by atoms with Gasteiger partial charge in [0.1, 0.15) is 0 Å². The lowest BCUT2D eigenvalue weighted by Gasteiger charge is -2.12. The Bertz CT molecular complexity index is 318. The average molecular weight is 293 g/mol. The number of imide groups is 1. The molecule has 1 aliphatic rings. The van der Waals surface area contributed by atoms with Gasteiger partial charge in [-0.2, -0.15) is 0 Å². The Balaban J connectivity index is 1.81. The average Bonchev–Trinajstić information content (AvgIpc) is 2.80. The van der Waals surface area contributed by atoms with E-state index in [1.54, 1.807) is 0 Å². The van der Waals surface area contributed by atoms with Crippen LogP contribution < -0.4 is 0 Å². The minimum atomic E-state index is -0.150. The van der Waals surface area contributed by atoms with Crippen LogP contribution in [0.25, 0.3) is 0 Å². The monoisotopic (exact) mass is 293 g/mol. The Morgan fingerprint density at radius 1 is 0.667 bits per heavy atom. The minimum absolute atomic E-state index is 0.150. The summed E-state index contributed by atoms with van der Waals surface area (Å²) in [7, 11) is 0. The van der Waals surface area contributed by atoms with Crippen LogP contribution in [-0.2, 0) is 9.59 Å². The summed E-state index contributed by atoms with van der Waals surface area (Å²) in [5.41, 5.74) is 0. The number of carbonyl (C=O) groups is 2. The van der Waals surface area contributed by atoms with Crippen LogP contribution in [0.15, 0.2) is 12.2 Å². The molecule has 0 aromatic carbocycles. The lowest BCUT2D eigenvalue weighted by atomic mass is 10.1. The number of hydrogen-bond donors (Lipinski definition) is 0. The van der Waals surface area contributed by atoms with Gasteiger partial charge in [0.2, 0.25) is 0 Å². The summed E-state index contributed by atoms with van der Waals surface area (Å²) in [6.07, 6.45) is 18.3. The van der Waals surface area contributed by atoms with Gasteiger partial charge in [0, 0.05) is 18.7 Å². The van der Waals surface area contributed by atoms with Crippen molar-refractivity contribution in [3.8, 4) is 0 Å². The number of carbonyl (C=O) groups excluding carboxylic acids is 2.